The second-order valence-electron chi connectivity index (χ2n) is 3.45. The summed E-state index contributed by atoms with van der Waals surface area (Å²) in [4.78, 5) is 0. The molecule has 1 unspecified atom stereocenters. The lowest BCUT2D eigenvalue weighted by Gasteiger charge is -2.17. The van der Waals surface area contributed by atoms with Crippen LogP contribution in [-0.4, -0.2) is 12.7 Å². The Hall–Kier alpha value is -1.40. The summed E-state index contributed by atoms with van der Waals surface area (Å²) in [5.74, 6) is 1.55. The fraction of sp³-hybridized carbons (Fsp3) is 0.462. The summed E-state index contributed by atoms with van der Waals surface area (Å²) in [6.07, 6.45) is 0.150. The van der Waals surface area contributed by atoms with E-state index in [2.05, 4.69) is 6.07 Å². The monoisotopic (exact) mass is 253 g/mol. The normalized spacial score (nSPS) is 11.6. The van der Waals surface area contributed by atoms with Gasteiger partial charge in [0.1, 0.15) is 6.07 Å². The minimum Gasteiger partial charge on any atom is -0.490 e. The van der Waals surface area contributed by atoms with E-state index in [1.807, 2.05) is 32.0 Å². The van der Waals surface area contributed by atoms with Gasteiger partial charge in [-0.15, -0.1) is 11.6 Å². The Morgan fingerprint density at radius 2 is 2.18 bits per heavy atom. The Balaban J connectivity index is 3.04. The van der Waals surface area contributed by atoms with Crippen molar-refractivity contribution in [1.82, 2.24) is 0 Å². The van der Waals surface area contributed by atoms with Gasteiger partial charge in [0.15, 0.2) is 17.6 Å². The van der Waals surface area contributed by atoms with Crippen LogP contribution in [-0.2, 0) is 5.88 Å². The number of hydrogen-bond donors (Lipinski definition) is 0. The standard InChI is InChI=1S/C13H16ClNO2/c1-3-11(9-15)17-13-10(8-14)6-5-7-12(13)16-4-2/h5-7,11H,3-4,8H2,1-2H3. The third-order valence-electron chi connectivity index (χ3n) is 2.28. The number of hydrogen-bond acceptors (Lipinski definition) is 3. The second kappa shape index (κ2) is 7.03. The van der Waals surface area contributed by atoms with Gasteiger partial charge in [-0.3, -0.25) is 0 Å². The lowest BCUT2D eigenvalue weighted by molar-refractivity contribution is 0.230. The van der Waals surface area contributed by atoms with Gasteiger partial charge in [0.25, 0.3) is 0 Å². The summed E-state index contributed by atoms with van der Waals surface area (Å²) in [7, 11) is 0. The van der Waals surface area contributed by atoms with Crippen LogP contribution in [0.5, 0.6) is 11.5 Å². The van der Waals surface area contributed by atoms with Crippen LogP contribution in [0.25, 0.3) is 0 Å². The molecule has 0 fully saturated rings. The van der Waals surface area contributed by atoms with E-state index >= 15 is 0 Å². The largest absolute Gasteiger partial charge is 0.490 e. The van der Waals surface area contributed by atoms with E-state index in [-0.39, 0.29) is 0 Å². The molecule has 3 nitrogen and oxygen atoms in total. The van der Waals surface area contributed by atoms with Gasteiger partial charge in [0.2, 0.25) is 0 Å². The molecule has 0 heterocycles. The quantitative estimate of drug-likeness (QED) is 0.729. The third-order valence-corrected chi connectivity index (χ3v) is 2.57. The minimum absolute atomic E-state index is 0.331. The topological polar surface area (TPSA) is 42.2 Å². The fourth-order valence-corrected chi connectivity index (χ4v) is 1.62. The number of benzene rings is 1. The molecule has 1 aromatic rings. The van der Waals surface area contributed by atoms with Crippen LogP contribution < -0.4 is 9.47 Å². The zero-order valence-electron chi connectivity index (χ0n) is 10.1. The zero-order chi connectivity index (χ0) is 12.7. The van der Waals surface area contributed by atoms with Crippen molar-refractivity contribution in [1.29, 1.82) is 5.26 Å². The second-order valence-corrected chi connectivity index (χ2v) is 3.72. The van der Waals surface area contributed by atoms with Crippen molar-refractivity contribution in [2.24, 2.45) is 0 Å². The molecule has 0 radical (unpaired) electrons. The molecule has 0 bridgehead atoms. The predicted molar refractivity (Wildman–Crippen MR) is 67.5 cm³/mol. The van der Waals surface area contributed by atoms with Crippen LogP contribution >= 0.6 is 11.6 Å². The maximum absolute atomic E-state index is 8.92. The highest BCUT2D eigenvalue weighted by molar-refractivity contribution is 6.17. The first-order valence-electron chi connectivity index (χ1n) is 5.63. The minimum atomic E-state index is -0.474. The molecule has 0 aliphatic heterocycles. The van der Waals surface area contributed by atoms with E-state index in [1.54, 1.807) is 0 Å². The molecule has 0 amide bonds. The Morgan fingerprint density at radius 1 is 1.41 bits per heavy atom. The van der Waals surface area contributed by atoms with Crippen molar-refractivity contribution in [3.63, 3.8) is 0 Å². The molecule has 0 saturated heterocycles. The van der Waals surface area contributed by atoms with Crippen LogP contribution in [0.3, 0.4) is 0 Å². The summed E-state index contributed by atoms with van der Waals surface area (Å²) >= 11 is 5.86. The Labute approximate surface area is 107 Å². The van der Waals surface area contributed by atoms with E-state index in [1.165, 1.54) is 0 Å². The average Bonchev–Trinajstić information content (AvgIpc) is 2.37. The van der Waals surface area contributed by atoms with Crippen LogP contribution in [0.15, 0.2) is 18.2 Å². The van der Waals surface area contributed by atoms with Crippen LogP contribution in [0.4, 0.5) is 0 Å². The number of halogens is 1. The van der Waals surface area contributed by atoms with Crippen LogP contribution in [0.2, 0.25) is 0 Å². The molecule has 0 spiro atoms. The van der Waals surface area contributed by atoms with Gasteiger partial charge in [0.05, 0.1) is 12.5 Å². The van der Waals surface area contributed by atoms with Crippen molar-refractivity contribution in [3.8, 4) is 17.6 Å². The van der Waals surface area contributed by atoms with Gasteiger partial charge >= 0.3 is 0 Å². The van der Waals surface area contributed by atoms with E-state index in [4.69, 9.17) is 26.3 Å². The highest BCUT2D eigenvalue weighted by Crippen LogP contribution is 2.33. The summed E-state index contributed by atoms with van der Waals surface area (Å²) in [5, 5.41) is 8.92. The lowest BCUT2D eigenvalue weighted by Crippen LogP contribution is -2.14. The van der Waals surface area contributed by atoms with Crippen LogP contribution in [0, 0.1) is 11.3 Å². The predicted octanol–water partition coefficient (Wildman–Crippen LogP) is 3.51. The molecule has 0 aliphatic carbocycles. The van der Waals surface area contributed by atoms with Gasteiger partial charge in [-0.2, -0.15) is 5.26 Å². The SMILES string of the molecule is CCOc1cccc(CCl)c1OC(C#N)CC. The van der Waals surface area contributed by atoms with Gasteiger partial charge in [-0.25, -0.2) is 0 Å². The van der Waals surface area contributed by atoms with Crippen molar-refractivity contribution >= 4 is 11.6 Å². The molecule has 1 atom stereocenters. The van der Waals surface area contributed by atoms with E-state index in [0.717, 1.165) is 5.56 Å². The van der Waals surface area contributed by atoms with Crippen LogP contribution in [0.1, 0.15) is 25.8 Å². The summed E-state index contributed by atoms with van der Waals surface area (Å²) in [5.41, 5.74) is 0.839. The molecule has 0 aromatic heterocycles. The number of rotatable bonds is 6. The van der Waals surface area contributed by atoms with Crippen molar-refractivity contribution < 1.29 is 9.47 Å². The Kier molecular flexibility index (Phi) is 5.65. The lowest BCUT2D eigenvalue weighted by atomic mass is 10.2. The van der Waals surface area contributed by atoms with Crippen molar-refractivity contribution in [2.75, 3.05) is 6.61 Å². The first-order valence-corrected chi connectivity index (χ1v) is 6.17. The zero-order valence-corrected chi connectivity index (χ0v) is 10.8. The molecule has 0 N–H and O–H groups in total. The molecular weight excluding hydrogens is 238 g/mol. The highest BCUT2D eigenvalue weighted by atomic mass is 35.5. The van der Waals surface area contributed by atoms with Crippen molar-refractivity contribution in [2.45, 2.75) is 32.3 Å². The average molecular weight is 254 g/mol. The molecule has 1 rings (SSSR count). The number of alkyl halides is 1. The van der Waals surface area contributed by atoms with E-state index < -0.39 is 6.10 Å². The van der Waals surface area contributed by atoms with Crippen molar-refractivity contribution in [3.05, 3.63) is 23.8 Å². The molecule has 1 aromatic carbocycles. The number of nitrogens with zero attached hydrogens (tertiary/aromatic N) is 1. The molecule has 4 heteroatoms. The maximum atomic E-state index is 8.92. The van der Waals surface area contributed by atoms with E-state index in [0.29, 0.717) is 30.4 Å². The molecule has 0 aliphatic rings. The number of para-hydroxylation sites is 1. The van der Waals surface area contributed by atoms with Gasteiger partial charge in [0, 0.05) is 5.56 Å². The smallest absolute Gasteiger partial charge is 0.184 e. The first kappa shape index (κ1) is 13.7. The molecule has 92 valence electrons. The summed E-state index contributed by atoms with van der Waals surface area (Å²) < 4.78 is 11.1. The molecular formula is C13H16ClNO2. The number of ether oxygens (including phenoxy) is 2. The van der Waals surface area contributed by atoms with E-state index in [9.17, 15) is 0 Å². The highest BCUT2D eigenvalue weighted by Gasteiger charge is 2.14. The summed E-state index contributed by atoms with van der Waals surface area (Å²) in [6, 6.07) is 7.65. The number of nitriles is 1. The first-order chi connectivity index (χ1) is 8.26. The maximum Gasteiger partial charge on any atom is 0.184 e. The Morgan fingerprint density at radius 3 is 2.71 bits per heavy atom. The third kappa shape index (κ3) is 3.54. The van der Waals surface area contributed by atoms with Gasteiger partial charge in [-0.05, 0) is 19.4 Å². The molecule has 0 saturated carbocycles. The van der Waals surface area contributed by atoms with Gasteiger partial charge < -0.3 is 9.47 Å². The Bertz CT molecular complexity index is 401. The summed E-state index contributed by atoms with van der Waals surface area (Å²) in [6.45, 7) is 4.35. The molecule has 17 heavy (non-hydrogen) atoms. The fourth-order valence-electron chi connectivity index (χ4n) is 1.41. The van der Waals surface area contributed by atoms with Gasteiger partial charge in [-0.1, -0.05) is 19.1 Å².